The molecule has 1 N–H and O–H groups in total. The van der Waals surface area contributed by atoms with Crippen LogP contribution in [-0.4, -0.2) is 44.7 Å². The van der Waals surface area contributed by atoms with Crippen molar-refractivity contribution in [3.05, 3.63) is 60.2 Å². The molecule has 0 saturated carbocycles. The first-order chi connectivity index (χ1) is 12.6. The van der Waals surface area contributed by atoms with E-state index in [1.807, 2.05) is 73.6 Å². The molecule has 0 fully saturated rings. The van der Waals surface area contributed by atoms with Gasteiger partial charge in [0.2, 0.25) is 0 Å². The van der Waals surface area contributed by atoms with E-state index in [9.17, 15) is 4.79 Å². The fourth-order valence-corrected chi connectivity index (χ4v) is 2.52. The quantitative estimate of drug-likeness (QED) is 0.710. The number of hydrogen-bond donors (Lipinski definition) is 1. The van der Waals surface area contributed by atoms with Gasteiger partial charge in [0.1, 0.15) is 11.5 Å². The van der Waals surface area contributed by atoms with Gasteiger partial charge in [-0.05, 0) is 50.3 Å². The summed E-state index contributed by atoms with van der Waals surface area (Å²) in [7, 11) is 3.97. The minimum atomic E-state index is -0.146. The highest BCUT2D eigenvalue weighted by molar-refractivity contribution is 5.78. The molecule has 140 valence electrons. The number of benzene rings is 2. The number of ether oxygens (including phenoxy) is 2. The predicted octanol–water partition coefficient (Wildman–Crippen LogP) is 3.27. The molecule has 0 aliphatic carbocycles. The Morgan fingerprint density at radius 1 is 1.00 bits per heavy atom. The van der Waals surface area contributed by atoms with E-state index in [1.165, 1.54) is 0 Å². The first-order valence-electron chi connectivity index (χ1n) is 8.93. The molecule has 2 aromatic carbocycles. The van der Waals surface area contributed by atoms with E-state index in [2.05, 4.69) is 12.2 Å². The van der Waals surface area contributed by atoms with E-state index in [1.54, 1.807) is 0 Å². The molecule has 2 rings (SSSR count). The number of carbonyl (C=O) groups is 1. The molecule has 5 heteroatoms. The maximum absolute atomic E-state index is 12.3. The highest BCUT2D eigenvalue weighted by atomic mass is 16.5. The standard InChI is InChI=1S/C21H28N2O3/c1-4-14-25-18-10-12-19(13-11-18)26-16-21(24)22-20(15-23(2)3)17-8-6-5-7-9-17/h5-13,20H,4,14-16H2,1-3H3,(H,22,24). The molecule has 0 heterocycles. The second-order valence-electron chi connectivity index (χ2n) is 6.40. The van der Waals surface area contributed by atoms with Crippen LogP contribution in [0.2, 0.25) is 0 Å². The van der Waals surface area contributed by atoms with Crippen molar-refractivity contribution >= 4 is 5.91 Å². The summed E-state index contributed by atoms with van der Waals surface area (Å²) in [5.41, 5.74) is 1.08. The zero-order valence-corrected chi connectivity index (χ0v) is 15.8. The van der Waals surface area contributed by atoms with Crippen LogP contribution >= 0.6 is 0 Å². The third-order valence-electron chi connectivity index (χ3n) is 3.75. The summed E-state index contributed by atoms with van der Waals surface area (Å²) >= 11 is 0. The van der Waals surface area contributed by atoms with Crippen molar-refractivity contribution in [3.63, 3.8) is 0 Å². The Labute approximate surface area is 155 Å². The number of likely N-dealkylation sites (N-methyl/N-ethyl adjacent to an activating group) is 1. The number of hydrogen-bond acceptors (Lipinski definition) is 4. The third kappa shape index (κ3) is 6.76. The van der Waals surface area contributed by atoms with Gasteiger partial charge >= 0.3 is 0 Å². The highest BCUT2D eigenvalue weighted by Crippen LogP contribution is 2.18. The van der Waals surface area contributed by atoms with Crippen molar-refractivity contribution in [2.75, 3.05) is 33.9 Å². The molecule has 0 saturated heterocycles. The normalized spacial score (nSPS) is 11.8. The van der Waals surface area contributed by atoms with Crippen molar-refractivity contribution in [3.8, 4) is 11.5 Å². The number of rotatable bonds is 10. The second kappa shape index (κ2) is 10.5. The topological polar surface area (TPSA) is 50.8 Å². The lowest BCUT2D eigenvalue weighted by molar-refractivity contribution is -0.124. The van der Waals surface area contributed by atoms with E-state index in [0.717, 1.165) is 24.3 Å². The van der Waals surface area contributed by atoms with Gasteiger partial charge in [0.05, 0.1) is 12.6 Å². The highest BCUT2D eigenvalue weighted by Gasteiger charge is 2.15. The molecule has 0 bridgehead atoms. The van der Waals surface area contributed by atoms with Crippen molar-refractivity contribution in [2.45, 2.75) is 19.4 Å². The number of nitrogens with one attached hydrogen (secondary N) is 1. The minimum absolute atomic E-state index is 0.0219. The summed E-state index contributed by atoms with van der Waals surface area (Å²) in [6, 6.07) is 17.2. The molecule has 2 aromatic rings. The van der Waals surface area contributed by atoms with Gasteiger partial charge < -0.3 is 19.7 Å². The zero-order valence-electron chi connectivity index (χ0n) is 15.8. The van der Waals surface area contributed by atoms with Crippen molar-refractivity contribution in [2.24, 2.45) is 0 Å². The Kier molecular flexibility index (Phi) is 7.96. The van der Waals surface area contributed by atoms with Crippen LogP contribution < -0.4 is 14.8 Å². The largest absolute Gasteiger partial charge is 0.494 e. The van der Waals surface area contributed by atoms with Gasteiger partial charge in [-0.15, -0.1) is 0 Å². The van der Waals surface area contributed by atoms with Crippen LogP contribution in [0.5, 0.6) is 11.5 Å². The van der Waals surface area contributed by atoms with Crippen LogP contribution in [0, 0.1) is 0 Å². The summed E-state index contributed by atoms with van der Waals surface area (Å²) in [5.74, 6) is 1.30. The predicted molar refractivity (Wildman–Crippen MR) is 104 cm³/mol. The average molecular weight is 356 g/mol. The van der Waals surface area contributed by atoms with Crippen LogP contribution in [0.4, 0.5) is 0 Å². The summed E-state index contributed by atoms with van der Waals surface area (Å²) < 4.78 is 11.1. The number of amides is 1. The molecule has 5 nitrogen and oxygen atoms in total. The Hall–Kier alpha value is -2.53. The Bertz CT molecular complexity index is 657. The molecular weight excluding hydrogens is 328 g/mol. The molecule has 0 radical (unpaired) electrons. The average Bonchev–Trinajstić information content (AvgIpc) is 2.65. The van der Waals surface area contributed by atoms with Crippen LogP contribution in [0.1, 0.15) is 24.9 Å². The van der Waals surface area contributed by atoms with Crippen molar-refractivity contribution < 1.29 is 14.3 Å². The van der Waals surface area contributed by atoms with E-state index in [4.69, 9.17) is 9.47 Å². The second-order valence-corrected chi connectivity index (χ2v) is 6.40. The zero-order chi connectivity index (χ0) is 18.8. The molecule has 1 unspecified atom stereocenters. The first kappa shape index (κ1) is 19.8. The SMILES string of the molecule is CCCOc1ccc(OCC(=O)NC(CN(C)C)c2ccccc2)cc1. The molecule has 0 spiro atoms. The fourth-order valence-electron chi connectivity index (χ4n) is 2.52. The minimum Gasteiger partial charge on any atom is -0.494 e. The molecule has 26 heavy (non-hydrogen) atoms. The van der Waals surface area contributed by atoms with Crippen molar-refractivity contribution in [1.29, 1.82) is 0 Å². The van der Waals surface area contributed by atoms with Gasteiger partial charge in [0.25, 0.3) is 5.91 Å². The molecule has 1 atom stereocenters. The Morgan fingerprint density at radius 2 is 1.62 bits per heavy atom. The fraction of sp³-hybridized carbons (Fsp3) is 0.381. The van der Waals surface area contributed by atoms with E-state index in [0.29, 0.717) is 12.4 Å². The van der Waals surface area contributed by atoms with Crippen molar-refractivity contribution in [1.82, 2.24) is 10.2 Å². The lowest BCUT2D eigenvalue weighted by Crippen LogP contribution is -2.37. The summed E-state index contributed by atoms with van der Waals surface area (Å²) in [6.07, 6.45) is 0.966. The maximum atomic E-state index is 12.3. The lowest BCUT2D eigenvalue weighted by atomic mass is 10.1. The summed E-state index contributed by atoms with van der Waals surface area (Å²) in [6.45, 7) is 3.45. The van der Waals surface area contributed by atoms with Crippen LogP contribution in [0.15, 0.2) is 54.6 Å². The Balaban J connectivity index is 1.87. The van der Waals surface area contributed by atoms with Gasteiger partial charge in [-0.25, -0.2) is 0 Å². The van der Waals surface area contributed by atoms with Gasteiger partial charge in [0, 0.05) is 6.54 Å². The van der Waals surface area contributed by atoms with E-state index >= 15 is 0 Å². The molecule has 0 aliphatic heterocycles. The molecule has 1 amide bonds. The van der Waals surface area contributed by atoms with Gasteiger partial charge in [-0.3, -0.25) is 4.79 Å². The van der Waals surface area contributed by atoms with Gasteiger partial charge in [-0.2, -0.15) is 0 Å². The van der Waals surface area contributed by atoms with E-state index in [-0.39, 0.29) is 18.6 Å². The maximum Gasteiger partial charge on any atom is 0.258 e. The summed E-state index contributed by atoms with van der Waals surface area (Å²) in [5, 5.41) is 3.04. The first-order valence-corrected chi connectivity index (χ1v) is 8.93. The third-order valence-corrected chi connectivity index (χ3v) is 3.75. The number of carbonyl (C=O) groups excluding carboxylic acids is 1. The van der Waals surface area contributed by atoms with E-state index < -0.39 is 0 Å². The summed E-state index contributed by atoms with van der Waals surface area (Å²) in [4.78, 5) is 14.4. The van der Waals surface area contributed by atoms with Gasteiger partial charge in [0.15, 0.2) is 6.61 Å². The van der Waals surface area contributed by atoms with Crippen LogP contribution in [0.3, 0.4) is 0 Å². The lowest BCUT2D eigenvalue weighted by Gasteiger charge is -2.23. The van der Waals surface area contributed by atoms with Crippen LogP contribution in [0.25, 0.3) is 0 Å². The number of nitrogens with zero attached hydrogens (tertiary/aromatic N) is 1. The molecular formula is C21H28N2O3. The smallest absolute Gasteiger partial charge is 0.258 e. The molecule has 0 aromatic heterocycles. The Morgan fingerprint density at radius 3 is 2.19 bits per heavy atom. The van der Waals surface area contributed by atoms with Crippen LogP contribution in [-0.2, 0) is 4.79 Å². The van der Waals surface area contributed by atoms with Gasteiger partial charge in [-0.1, -0.05) is 37.3 Å². The molecule has 0 aliphatic rings. The monoisotopic (exact) mass is 356 g/mol.